The van der Waals surface area contributed by atoms with Gasteiger partial charge >= 0.3 is 0 Å². The number of hydrogen-bond acceptors (Lipinski definition) is 4. The van der Waals surface area contributed by atoms with Crippen molar-refractivity contribution in [1.82, 2.24) is 10.6 Å². The maximum atomic E-state index is 12.9. The molecule has 0 radical (unpaired) electrons. The molecular weight excluding hydrogens is 424 g/mol. The lowest BCUT2D eigenvalue weighted by Gasteiger charge is -2.14. The fraction of sp³-hybridized carbons (Fsp3) is 0.607. The molecule has 1 heterocycles. The second-order valence-electron chi connectivity index (χ2n) is 9.30. The Kier molecular flexibility index (Phi) is 11.3. The van der Waals surface area contributed by atoms with Gasteiger partial charge in [0.25, 0.3) is 5.91 Å². The molecule has 34 heavy (non-hydrogen) atoms. The Labute approximate surface area is 205 Å². The van der Waals surface area contributed by atoms with Crippen molar-refractivity contribution in [2.75, 3.05) is 0 Å². The summed E-state index contributed by atoms with van der Waals surface area (Å²) in [5.74, 6) is 0.267. The predicted molar refractivity (Wildman–Crippen MR) is 141 cm³/mol. The van der Waals surface area contributed by atoms with Crippen molar-refractivity contribution < 1.29 is 9.59 Å². The number of nitrogens with two attached hydrogens (primary N) is 1. The molecular formula is C28H44N4O2. The number of nitrogens with zero attached hydrogens (tertiary/aromatic N) is 1. The van der Waals surface area contributed by atoms with Crippen LogP contribution in [-0.2, 0) is 16.1 Å². The maximum Gasteiger partial charge on any atom is 0.267 e. The standard InChI is InChI=1S/C26H38N4O2.C2H6/c1-4-6-20(5-2)29-23-15-19(13-21-11-12-24(31)30-21)14-22(23)25(27)26(32)28-16-18-9-7-17(3)8-10-18;1-2/h7-10,19-21H,4-6,11-16,27H2,1-3H3,(H,28,32)(H,30,31);1-2H3/b25-22-,29-23?;. The molecule has 6 nitrogen and oxygen atoms in total. The number of carbonyl (C=O) groups excluding carboxylic acids is 2. The van der Waals surface area contributed by atoms with E-state index < -0.39 is 0 Å². The zero-order valence-corrected chi connectivity index (χ0v) is 21.7. The van der Waals surface area contributed by atoms with Crippen molar-refractivity contribution in [2.45, 2.75) is 105 Å². The van der Waals surface area contributed by atoms with Gasteiger partial charge in [0.2, 0.25) is 5.91 Å². The van der Waals surface area contributed by atoms with Gasteiger partial charge in [0.15, 0.2) is 0 Å². The molecule has 2 amide bonds. The number of carbonyl (C=O) groups is 2. The van der Waals surface area contributed by atoms with Gasteiger partial charge in [-0.3, -0.25) is 14.6 Å². The minimum Gasteiger partial charge on any atom is -0.394 e. The highest BCUT2D eigenvalue weighted by molar-refractivity contribution is 6.09. The van der Waals surface area contributed by atoms with Crippen LogP contribution in [-0.4, -0.2) is 29.6 Å². The molecule has 0 aromatic heterocycles. The lowest BCUT2D eigenvalue weighted by molar-refractivity contribution is -0.119. The SMILES string of the molecule is CC.CCCC(CC)N=C1CC(CC2CCC(=O)N2)C/C1=C(/N)C(=O)NCc1ccc(C)cc1. The Morgan fingerprint density at radius 3 is 2.50 bits per heavy atom. The highest BCUT2D eigenvalue weighted by atomic mass is 16.2. The largest absolute Gasteiger partial charge is 0.394 e. The van der Waals surface area contributed by atoms with E-state index >= 15 is 0 Å². The van der Waals surface area contributed by atoms with Crippen LogP contribution < -0.4 is 16.4 Å². The average Bonchev–Trinajstić information content (AvgIpc) is 3.44. The van der Waals surface area contributed by atoms with E-state index in [-0.39, 0.29) is 23.9 Å². The third kappa shape index (κ3) is 8.00. The van der Waals surface area contributed by atoms with E-state index in [1.165, 1.54) is 5.56 Å². The summed E-state index contributed by atoms with van der Waals surface area (Å²) in [7, 11) is 0. The van der Waals surface area contributed by atoms with Crippen LogP contribution in [0.5, 0.6) is 0 Å². The first kappa shape index (κ1) is 27.6. The summed E-state index contributed by atoms with van der Waals surface area (Å²) in [4.78, 5) is 29.5. The topological polar surface area (TPSA) is 96.6 Å². The van der Waals surface area contributed by atoms with Crippen LogP contribution in [0.4, 0.5) is 0 Å². The van der Waals surface area contributed by atoms with E-state index in [1.807, 2.05) is 45.0 Å². The van der Waals surface area contributed by atoms with Crippen molar-refractivity contribution in [3.05, 3.63) is 46.7 Å². The molecule has 188 valence electrons. The molecule has 2 aliphatic rings. The molecule has 1 saturated carbocycles. The third-order valence-corrected chi connectivity index (χ3v) is 6.60. The summed E-state index contributed by atoms with van der Waals surface area (Å²) < 4.78 is 0. The predicted octanol–water partition coefficient (Wildman–Crippen LogP) is 4.95. The fourth-order valence-electron chi connectivity index (χ4n) is 4.73. The Balaban J connectivity index is 0.00000199. The van der Waals surface area contributed by atoms with Gasteiger partial charge in [-0.15, -0.1) is 0 Å². The van der Waals surface area contributed by atoms with Gasteiger partial charge in [0.05, 0.1) is 0 Å². The van der Waals surface area contributed by atoms with Crippen LogP contribution in [0.2, 0.25) is 0 Å². The molecule has 3 atom stereocenters. The summed E-state index contributed by atoms with van der Waals surface area (Å²) >= 11 is 0. The third-order valence-electron chi connectivity index (χ3n) is 6.60. The van der Waals surface area contributed by atoms with Gasteiger partial charge in [-0.2, -0.15) is 0 Å². The van der Waals surface area contributed by atoms with Crippen molar-refractivity contribution >= 4 is 17.5 Å². The van der Waals surface area contributed by atoms with Gasteiger partial charge in [-0.25, -0.2) is 0 Å². The monoisotopic (exact) mass is 468 g/mol. The van der Waals surface area contributed by atoms with E-state index in [0.717, 1.165) is 61.8 Å². The number of aliphatic imine (C=N–C) groups is 1. The van der Waals surface area contributed by atoms with Crippen molar-refractivity contribution in [2.24, 2.45) is 16.6 Å². The van der Waals surface area contributed by atoms with Gasteiger partial charge < -0.3 is 16.4 Å². The highest BCUT2D eigenvalue weighted by Crippen LogP contribution is 2.35. The van der Waals surface area contributed by atoms with Crippen LogP contribution in [0, 0.1) is 12.8 Å². The van der Waals surface area contributed by atoms with Gasteiger partial charge in [-0.1, -0.05) is 63.9 Å². The molecule has 3 rings (SSSR count). The van der Waals surface area contributed by atoms with Crippen molar-refractivity contribution in [1.29, 1.82) is 0 Å². The quantitative estimate of drug-likeness (QED) is 0.447. The molecule has 0 spiro atoms. The summed E-state index contributed by atoms with van der Waals surface area (Å²) in [6.45, 7) is 10.8. The lowest BCUT2D eigenvalue weighted by atomic mass is 9.97. The molecule has 1 saturated heterocycles. The van der Waals surface area contributed by atoms with Crippen LogP contribution >= 0.6 is 0 Å². The molecule has 4 N–H and O–H groups in total. The molecule has 1 aliphatic carbocycles. The minimum absolute atomic E-state index is 0.140. The first-order chi connectivity index (χ1) is 16.4. The zero-order valence-electron chi connectivity index (χ0n) is 21.7. The molecule has 3 unspecified atom stereocenters. The minimum atomic E-state index is -0.230. The second kappa shape index (κ2) is 13.9. The molecule has 0 bridgehead atoms. The van der Waals surface area contributed by atoms with Gasteiger partial charge in [-0.05, 0) is 56.9 Å². The Morgan fingerprint density at radius 2 is 1.91 bits per heavy atom. The fourth-order valence-corrected chi connectivity index (χ4v) is 4.73. The summed E-state index contributed by atoms with van der Waals surface area (Å²) in [5.41, 5.74) is 10.8. The zero-order chi connectivity index (χ0) is 25.1. The van der Waals surface area contributed by atoms with E-state index in [0.29, 0.717) is 24.6 Å². The van der Waals surface area contributed by atoms with Crippen LogP contribution in [0.15, 0.2) is 40.5 Å². The van der Waals surface area contributed by atoms with Crippen LogP contribution in [0.25, 0.3) is 0 Å². The maximum absolute atomic E-state index is 12.9. The summed E-state index contributed by atoms with van der Waals surface area (Å²) in [6.07, 6.45) is 7.09. The first-order valence-electron chi connectivity index (χ1n) is 13.1. The first-order valence-corrected chi connectivity index (χ1v) is 13.1. The number of amides is 2. The number of allylic oxidation sites excluding steroid dienone is 1. The average molecular weight is 469 g/mol. The normalized spacial score (nSPS) is 23.2. The molecule has 2 fully saturated rings. The number of benzene rings is 1. The summed E-state index contributed by atoms with van der Waals surface area (Å²) in [5, 5.41) is 6.04. The van der Waals surface area contributed by atoms with Gasteiger partial charge in [0, 0.05) is 36.3 Å². The van der Waals surface area contributed by atoms with Crippen LogP contribution in [0.3, 0.4) is 0 Å². The van der Waals surface area contributed by atoms with E-state index in [1.54, 1.807) is 0 Å². The van der Waals surface area contributed by atoms with Crippen molar-refractivity contribution in [3.63, 3.8) is 0 Å². The highest BCUT2D eigenvalue weighted by Gasteiger charge is 2.33. The van der Waals surface area contributed by atoms with E-state index in [4.69, 9.17) is 10.7 Å². The Bertz CT molecular complexity index is 873. The molecule has 1 aromatic carbocycles. The van der Waals surface area contributed by atoms with E-state index in [9.17, 15) is 9.59 Å². The van der Waals surface area contributed by atoms with Gasteiger partial charge in [0.1, 0.15) is 5.70 Å². The summed E-state index contributed by atoms with van der Waals surface area (Å²) in [6, 6.07) is 8.60. The molecule has 1 aromatic rings. The smallest absolute Gasteiger partial charge is 0.267 e. The molecule has 6 heteroatoms. The number of aryl methyl sites for hydroxylation is 1. The Morgan fingerprint density at radius 1 is 1.21 bits per heavy atom. The molecule has 1 aliphatic heterocycles. The number of rotatable bonds is 9. The van der Waals surface area contributed by atoms with E-state index in [2.05, 4.69) is 24.5 Å². The number of nitrogens with one attached hydrogen (secondary N) is 2. The number of hydrogen-bond donors (Lipinski definition) is 3. The van der Waals surface area contributed by atoms with Crippen molar-refractivity contribution in [3.8, 4) is 0 Å². The Hall–Kier alpha value is -2.63. The van der Waals surface area contributed by atoms with Crippen LogP contribution in [0.1, 0.15) is 90.2 Å². The second-order valence-corrected chi connectivity index (χ2v) is 9.30. The lowest BCUT2D eigenvalue weighted by Crippen LogP contribution is -2.30.